The summed E-state index contributed by atoms with van der Waals surface area (Å²) in [5.41, 5.74) is 0.958. The summed E-state index contributed by atoms with van der Waals surface area (Å²) in [7, 11) is 1.69. The number of methoxy groups -OCH3 is 1. The fourth-order valence-corrected chi connectivity index (χ4v) is 3.26. The van der Waals surface area contributed by atoms with Gasteiger partial charge in [-0.15, -0.1) is 0 Å². The molecule has 1 aliphatic rings. The third-order valence-corrected chi connectivity index (χ3v) is 4.72. The van der Waals surface area contributed by atoms with Gasteiger partial charge in [-0.1, -0.05) is 12.1 Å². The summed E-state index contributed by atoms with van der Waals surface area (Å²) < 4.78 is 13.0. The van der Waals surface area contributed by atoms with Crippen molar-refractivity contribution in [1.82, 2.24) is 14.8 Å². The lowest BCUT2D eigenvalue weighted by Crippen LogP contribution is -2.18. The molecule has 1 aromatic carbocycles. The van der Waals surface area contributed by atoms with Crippen LogP contribution in [0.15, 0.2) is 24.3 Å². The number of thioether (sulfide) groups is 1. The summed E-state index contributed by atoms with van der Waals surface area (Å²) in [6.45, 7) is 1.59. The van der Waals surface area contributed by atoms with Crippen LogP contribution >= 0.6 is 11.8 Å². The molecule has 0 unspecified atom stereocenters. The molecule has 2 aromatic rings. The van der Waals surface area contributed by atoms with Gasteiger partial charge in [0.05, 0.1) is 7.11 Å². The van der Waals surface area contributed by atoms with E-state index in [4.69, 9.17) is 19.6 Å². The minimum atomic E-state index is 0.393. The third-order valence-electron chi connectivity index (χ3n) is 4.11. The number of aromatic nitrogens is 3. The van der Waals surface area contributed by atoms with E-state index < -0.39 is 0 Å². The maximum Gasteiger partial charge on any atom is 0.152 e. The van der Waals surface area contributed by atoms with Gasteiger partial charge in [0.25, 0.3) is 0 Å². The lowest BCUT2D eigenvalue weighted by molar-refractivity contribution is 0.0831. The standard InChI is InChI=1S/C17H23N3O2S/c1-21-15-6-4-3-5-14(15)20-17(13-7-10-22-11-8-13)18-16(19-20)9-12-23-2/h3-6,13H,7-12H2,1-2H3. The van der Waals surface area contributed by atoms with E-state index in [-0.39, 0.29) is 0 Å². The zero-order valence-electron chi connectivity index (χ0n) is 13.7. The van der Waals surface area contributed by atoms with E-state index in [1.54, 1.807) is 7.11 Å². The molecule has 0 bridgehead atoms. The minimum Gasteiger partial charge on any atom is -0.494 e. The van der Waals surface area contributed by atoms with Crippen LogP contribution in [0, 0.1) is 0 Å². The molecular formula is C17H23N3O2S. The Morgan fingerprint density at radius 1 is 1.30 bits per heavy atom. The molecule has 6 heteroatoms. The van der Waals surface area contributed by atoms with E-state index in [9.17, 15) is 0 Å². The molecule has 1 aliphatic heterocycles. The fourth-order valence-electron chi connectivity index (χ4n) is 2.87. The van der Waals surface area contributed by atoms with Crippen molar-refractivity contribution in [3.05, 3.63) is 35.9 Å². The van der Waals surface area contributed by atoms with E-state index in [1.807, 2.05) is 40.7 Å². The number of nitrogens with zero attached hydrogens (tertiary/aromatic N) is 3. The van der Waals surface area contributed by atoms with Crippen LogP contribution in [-0.2, 0) is 11.2 Å². The molecule has 0 spiro atoms. The first-order chi connectivity index (χ1) is 11.3. The van der Waals surface area contributed by atoms with Gasteiger partial charge >= 0.3 is 0 Å². The Hall–Kier alpha value is -1.53. The SMILES string of the molecule is COc1ccccc1-n1nc(CCSC)nc1C1CCOCC1. The van der Waals surface area contributed by atoms with Gasteiger partial charge in [-0.2, -0.15) is 16.9 Å². The molecule has 23 heavy (non-hydrogen) atoms. The first-order valence-electron chi connectivity index (χ1n) is 7.99. The summed E-state index contributed by atoms with van der Waals surface area (Å²) in [6.07, 6.45) is 4.99. The van der Waals surface area contributed by atoms with Crippen molar-refractivity contribution in [2.45, 2.75) is 25.2 Å². The molecule has 124 valence electrons. The molecule has 1 aromatic heterocycles. The normalized spacial score (nSPS) is 15.7. The summed E-state index contributed by atoms with van der Waals surface area (Å²) in [4.78, 5) is 4.85. The molecule has 0 amide bonds. The largest absolute Gasteiger partial charge is 0.494 e. The van der Waals surface area contributed by atoms with Crippen molar-refractivity contribution < 1.29 is 9.47 Å². The summed E-state index contributed by atoms with van der Waals surface area (Å²) in [6, 6.07) is 7.98. The Balaban J connectivity index is 2.00. The van der Waals surface area contributed by atoms with Crippen LogP contribution < -0.4 is 4.74 Å². The van der Waals surface area contributed by atoms with Crippen molar-refractivity contribution in [2.75, 3.05) is 32.3 Å². The molecule has 5 nitrogen and oxygen atoms in total. The van der Waals surface area contributed by atoms with E-state index in [0.717, 1.165) is 61.3 Å². The summed E-state index contributed by atoms with van der Waals surface area (Å²) >= 11 is 1.82. The Kier molecular flexibility index (Phi) is 5.56. The van der Waals surface area contributed by atoms with Crippen LogP contribution in [0.5, 0.6) is 5.75 Å². The predicted molar refractivity (Wildman–Crippen MR) is 92.8 cm³/mol. The molecule has 0 N–H and O–H groups in total. The molecule has 0 atom stereocenters. The van der Waals surface area contributed by atoms with Crippen LogP contribution in [0.4, 0.5) is 0 Å². The first-order valence-corrected chi connectivity index (χ1v) is 9.38. The smallest absolute Gasteiger partial charge is 0.152 e. The molecular weight excluding hydrogens is 310 g/mol. The molecule has 0 radical (unpaired) electrons. The highest BCUT2D eigenvalue weighted by atomic mass is 32.2. The Morgan fingerprint density at radius 3 is 2.83 bits per heavy atom. The highest BCUT2D eigenvalue weighted by Gasteiger charge is 2.24. The zero-order chi connectivity index (χ0) is 16.1. The number of rotatable bonds is 6. The van der Waals surface area contributed by atoms with Crippen molar-refractivity contribution in [1.29, 1.82) is 0 Å². The van der Waals surface area contributed by atoms with Crippen LogP contribution in [0.2, 0.25) is 0 Å². The molecule has 0 aliphatic carbocycles. The monoisotopic (exact) mass is 333 g/mol. The van der Waals surface area contributed by atoms with Crippen LogP contribution in [-0.4, -0.2) is 47.1 Å². The Bertz CT molecular complexity index is 639. The lowest BCUT2D eigenvalue weighted by Gasteiger charge is -2.22. The lowest BCUT2D eigenvalue weighted by atomic mass is 9.99. The average Bonchev–Trinajstić information content (AvgIpc) is 3.04. The number of hydrogen-bond acceptors (Lipinski definition) is 5. The Morgan fingerprint density at radius 2 is 2.09 bits per heavy atom. The van der Waals surface area contributed by atoms with Crippen molar-refractivity contribution in [2.24, 2.45) is 0 Å². The van der Waals surface area contributed by atoms with Crippen molar-refractivity contribution in [3.63, 3.8) is 0 Å². The number of benzene rings is 1. The second-order valence-corrected chi connectivity index (χ2v) is 6.58. The first kappa shape index (κ1) is 16.3. The van der Waals surface area contributed by atoms with Crippen molar-refractivity contribution >= 4 is 11.8 Å². The van der Waals surface area contributed by atoms with Gasteiger partial charge in [0.2, 0.25) is 0 Å². The molecule has 2 heterocycles. The summed E-state index contributed by atoms with van der Waals surface area (Å²) in [5.74, 6) is 4.19. The van der Waals surface area contributed by atoms with Gasteiger partial charge in [-0.25, -0.2) is 9.67 Å². The van der Waals surface area contributed by atoms with Gasteiger partial charge in [-0.05, 0) is 31.2 Å². The topological polar surface area (TPSA) is 49.2 Å². The number of aryl methyl sites for hydroxylation is 1. The maximum absolute atomic E-state index is 5.52. The van der Waals surface area contributed by atoms with Crippen molar-refractivity contribution in [3.8, 4) is 11.4 Å². The highest BCUT2D eigenvalue weighted by Crippen LogP contribution is 2.30. The number of ether oxygens (including phenoxy) is 2. The molecule has 0 saturated carbocycles. The van der Waals surface area contributed by atoms with Crippen LogP contribution in [0.1, 0.15) is 30.4 Å². The van der Waals surface area contributed by atoms with E-state index in [1.165, 1.54) is 0 Å². The van der Waals surface area contributed by atoms with Crippen LogP contribution in [0.3, 0.4) is 0 Å². The van der Waals surface area contributed by atoms with Gasteiger partial charge in [0.15, 0.2) is 5.82 Å². The van der Waals surface area contributed by atoms with Crippen LogP contribution in [0.25, 0.3) is 5.69 Å². The number of para-hydroxylation sites is 2. The fraction of sp³-hybridized carbons (Fsp3) is 0.529. The zero-order valence-corrected chi connectivity index (χ0v) is 14.5. The maximum atomic E-state index is 5.52. The molecule has 1 saturated heterocycles. The van der Waals surface area contributed by atoms with Gasteiger partial charge in [0, 0.05) is 31.3 Å². The number of hydrogen-bond donors (Lipinski definition) is 0. The third kappa shape index (κ3) is 3.70. The highest BCUT2D eigenvalue weighted by molar-refractivity contribution is 7.98. The van der Waals surface area contributed by atoms with E-state index >= 15 is 0 Å². The van der Waals surface area contributed by atoms with Gasteiger partial charge < -0.3 is 9.47 Å². The van der Waals surface area contributed by atoms with Gasteiger partial charge in [0.1, 0.15) is 17.3 Å². The second-order valence-electron chi connectivity index (χ2n) is 5.60. The quantitative estimate of drug-likeness (QED) is 0.813. The summed E-state index contributed by atoms with van der Waals surface area (Å²) in [5, 5.41) is 4.77. The molecule has 1 fully saturated rings. The van der Waals surface area contributed by atoms with E-state index in [2.05, 4.69) is 6.26 Å². The predicted octanol–water partition coefficient (Wildman–Crippen LogP) is 3.08. The van der Waals surface area contributed by atoms with Gasteiger partial charge in [-0.3, -0.25) is 0 Å². The second kappa shape index (κ2) is 7.84. The minimum absolute atomic E-state index is 0.393. The van der Waals surface area contributed by atoms with E-state index in [0.29, 0.717) is 5.92 Å². The average molecular weight is 333 g/mol. The molecule has 3 rings (SSSR count). The Labute approximate surface area is 141 Å².